The second-order valence-corrected chi connectivity index (χ2v) is 4.82. The molecule has 4 heteroatoms. The van der Waals surface area contributed by atoms with Crippen LogP contribution in [0.5, 0.6) is 0 Å². The van der Waals surface area contributed by atoms with E-state index in [-0.39, 0.29) is 0 Å². The molecule has 0 bridgehead atoms. The lowest BCUT2D eigenvalue weighted by Crippen LogP contribution is -2.08. The van der Waals surface area contributed by atoms with Crippen molar-refractivity contribution in [2.45, 2.75) is 13.1 Å². The van der Waals surface area contributed by atoms with Gasteiger partial charge in [0.1, 0.15) is 18.8 Å². The zero-order valence-corrected chi connectivity index (χ0v) is 11.6. The molecule has 106 valence electrons. The van der Waals surface area contributed by atoms with Crippen molar-refractivity contribution in [2.75, 3.05) is 11.9 Å². The van der Waals surface area contributed by atoms with Gasteiger partial charge in [0.15, 0.2) is 0 Å². The number of hydrogen-bond donors (Lipinski definition) is 1. The quantitative estimate of drug-likeness (QED) is 0.774. The average molecular weight is 281 g/mol. The number of rotatable bonds is 5. The summed E-state index contributed by atoms with van der Waals surface area (Å²) < 4.78 is 12.9. The minimum absolute atomic E-state index is 0.424. The van der Waals surface area contributed by atoms with E-state index in [1.165, 1.54) is 0 Å². The summed E-state index contributed by atoms with van der Waals surface area (Å²) in [4.78, 5) is 8.52. The van der Waals surface area contributed by atoms with Crippen LogP contribution >= 0.6 is 0 Å². The van der Waals surface area contributed by atoms with Gasteiger partial charge in [0, 0.05) is 11.9 Å². The van der Waals surface area contributed by atoms with Gasteiger partial charge in [-0.3, -0.25) is 0 Å². The van der Waals surface area contributed by atoms with Crippen LogP contribution in [0.2, 0.25) is 0 Å². The summed E-state index contributed by atoms with van der Waals surface area (Å²) in [5, 5.41) is 4.31. The first-order valence-corrected chi connectivity index (χ1v) is 6.95. The van der Waals surface area contributed by atoms with Gasteiger partial charge >= 0.3 is 0 Å². The molecule has 0 spiro atoms. The van der Waals surface area contributed by atoms with E-state index in [9.17, 15) is 4.39 Å². The third-order valence-corrected chi connectivity index (χ3v) is 3.49. The topological polar surface area (TPSA) is 37.8 Å². The van der Waals surface area contributed by atoms with Crippen molar-refractivity contribution in [3.05, 3.63) is 66.0 Å². The predicted octanol–water partition coefficient (Wildman–Crippen LogP) is 3.75. The molecule has 21 heavy (non-hydrogen) atoms. The van der Waals surface area contributed by atoms with Crippen molar-refractivity contribution in [2.24, 2.45) is 0 Å². The summed E-state index contributed by atoms with van der Waals surface area (Å²) in [5.41, 5.74) is 2.71. The van der Waals surface area contributed by atoms with E-state index in [0.717, 1.165) is 34.3 Å². The lowest BCUT2D eigenvalue weighted by atomic mass is 10.1. The molecule has 3 nitrogen and oxygen atoms in total. The Morgan fingerprint density at radius 3 is 2.52 bits per heavy atom. The van der Waals surface area contributed by atoms with E-state index in [2.05, 4.69) is 15.3 Å². The number of hydrogen-bond acceptors (Lipinski definition) is 3. The molecule has 0 aliphatic heterocycles. The van der Waals surface area contributed by atoms with Crippen molar-refractivity contribution < 1.29 is 4.39 Å². The fraction of sp³-hybridized carbons (Fsp3) is 0.176. The number of fused-ring (bicyclic) bond motifs is 1. The third-order valence-electron chi connectivity index (χ3n) is 3.49. The smallest absolute Gasteiger partial charge is 0.137 e. The number of alkyl halides is 1. The monoisotopic (exact) mass is 281 g/mol. The zero-order chi connectivity index (χ0) is 14.5. The van der Waals surface area contributed by atoms with Gasteiger partial charge in [0.25, 0.3) is 0 Å². The Morgan fingerprint density at radius 1 is 0.905 bits per heavy atom. The fourth-order valence-corrected chi connectivity index (χ4v) is 2.39. The van der Waals surface area contributed by atoms with Crippen molar-refractivity contribution in [1.82, 2.24) is 9.97 Å². The molecule has 0 unspecified atom stereocenters. The number of benzene rings is 2. The number of anilines is 1. The summed E-state index contributed by atoms with van der Waals surface area (Å²) in [6.45, 7) is 0.282. The zero-order valence-electron chi connectivity index (χ0n) is 11.6. The van der Waals surface area contributed by atoms with Crippen molar-refractivity contribution >= 4 is 16.7 Å². The lowest BCUT2D eigenvalue weighted by molar-refractivity contribution is 0.482. The normalized spacial score (nSPS) is 10.7. The van der Waals surface area contributed by atoms with Crippen LogP contribution in [-0.4, -0.2) is 16.5 Å². The van der Waals surface area contributed by atoms with Gasteiger partial charge in [-0.15, -0.1) is 0 Å². The van der Waals surface area contributed by atoms with E-state index in [0.29, 0.717) is 6.54 Å². The van der Waals surface area contributed by atoms with Crippen molar-refractivity contribution in [3.8, 4) is 0 Å². The third kappa shape index (κ3) is 2.99. The molecule has 0 aliphatic rings. The molecule has 3 aromatic rings. The molecule has 0 atom stereocenters. The highest BCUT2D eigenvalue weighted by molar-refractivity contribution is 5.88. The highest BCUT2D eigenvalue weighted by Gasteiger charge is 2.04. The molecule has 1 N–H and O–H groups in total. The summed E-state index contributed by atoms with van der Waals surface area (Å²) in [5.74, 6) is 0.818. The fourth-order valence-electron chi connectivity index (χ4n) is 2.39. The van der Waals surface area contributed by atoms with Gasteiger partial charge < -0.3 is 5.32 Å². The molecular formula is C17H16FN3. The number of halogens is 1. The molecule has 0 saturated carbocycles. The van der Waals surface area contributed by atoms with Crippen LogP contribution in [0, 0.1) is 0 Å². The molecule has 0 amide bonds. The highest BCUT2D eigenvalue weighted by atomic mass is 19.1. The van der Waals surface area contributed by atoms with Gasteiger partial charge in [-0.05, 0) is 29.7 Å². The summed E-state index contributed by atoms with van der Waals surface area (Å²) in [6.07, 6.45) is 2.32. The van der Waals surface area contributed by atoms with Crippen LogP contribution in [0.3, 0.4) is 0 Å². The SMILES string of the molecule is FCc1ccccc1CCNc1ncnc2ccccc12. The van der Waals surface area contributed by atoms with Crippen molar-refractivity contribution in [1.29, 1.82) is 0 Å². The van der Waals surface area contributed by atoms with Gasteiger partial charge in [0.05, 0.1) is 5.52 Å². The van der Waals surface area contributed by atoms with Crippen LogP contribution in [0.1, 0.15) is 11.1 Å². The molecule has 3 rings (SSSR count). The first-order chi connectivity index (χ1) is 10.4. The Kier molecular flexibility index (Phi) is 4.05. The Morgan fingerprint density at radius 2 is 1.67 bits per heavy atom. The van der Waals surface area contributed by atoms with Crippen LogP contribution in [0.15, 0.2) is 54.9 Å². The van der Waals surface area contributed by atoms with Gasteiger partial charge in [-0.1, -0.05) is 36.4 Å². The maximum Gasteiger partial charge on any atom is 0.137 e. The Bertz CT molecular complexity index is 737. The minimum atomic E-state index is -0.424. The van der Waals surface area contributed by atoms with Crippen LogP contribution < -0.4 is 5.32 Å². The van der Waals surface area contributed by atoms with Crippen LogP contribution in [-0.2, 0) is 13.1 Å². The van der Waals surface area contributed by atoms with Gasteiger partial charge in [0.2, 0.25) is 0 Å². The second kappa shape index (κ2) is 6.31. The Balaban J connectivity index is 1.72. The van der Waals surface area contributed by atoms with Gasteiger partial charge in [-0.2, -0.15) is 0 Å². The van der Waals surface area contributed by atoms with E-state index in [4.69, 9.17) is 0 Å². The maximum absolute atomic E-state index is 12.9. The van der Waals surface area contributed by atoms with Crippen molar-refractivity contribution in [3.63, 3.8) is 0 Å². The molecule has 1 aromatic heterocycles. The van der Waals surface area contributed by atoms with Gasteiger partial charge in [-0.25, -0.2) is 14.4 Å². The Hall–Kier alpha value is -2.49. The highest BCUT2D eigenvalue weighted by Crippen LogP contribution is 2.18. The molecule has 0 fully saturated rings. The molecule has 0 aliphatic carbocycles. The summed E-state index contributed by atoms with van der Waals surface area (Å²) in [6, 6.07) is 15.5. The molecule has 0 saturated heterocycles. The second-order valence-electron chi connectivity index (χ2n) is 4.82. The standard InChI is InChI=1S/C17H16FN3/c18-11-14-6-2-1-5-13(14)9-10-19-17-15-7-3-4-8-16(15)20-12-21-17/h1-8,12H,9-11H2,(H,19,20,21). The van der Waals surface area contributed by atoms with E-state index in [1.807, 2.05) is 48.5 Å². The van der Waals surface area contributed by atoms with Crippen LogP contribution in [0.25, 0.3) is 10.9 Å². The minimum Gasteiger partial charge on any atom is -0.369 e. The number of para-hydroxylation sites is 1. The number of aromatic nitrogens is 2. The van der Waals surface area contributed by atoms with E-state index in [1.54, 1.807) is 6.33 Å². The molecule has 1 heterocycles. The van der Waals surface area contributed by atoms with Crippen LogP contribution in [0.4, 0.5) is 10.2 Å². The summed E-state index contributed by atoms with van der Waals surface area (Å²) >= 11 is 0. The Labute approximate surface area is 122 Å². The maximum atomic E-state index is 12.9. The lowest BCUT2D eigenvalue weighted by Gasteiger charge is -2.10. The molecule has 2 aromatic carbocycles. The largest absolute Gasteiger partial charge is 0.369 e. The number of nitrogens with zero attached hydrogens (tertiary/aromatic N) is 2. The average Bonchev–Trinajstić information content (AvgIpc) is 2.55. The first kappa shape index (κ1) is 13.5. The first-order valence-electron chi connectivity index (χ1n) is 6.95. The molecule has 0 radical (unpaired) electrons. The van der Waals surface area contributed by atoms with E-state index >= 15 is 0 Å². The summed E-state index contributed by atoms with van der Waals surface area (Å²) in [7, 11) is 0. The molecular weight excluding hydrogens is 265 g/mol. The number of nitrogens with one attached hydrogen (secondary N) is 1. The predicted molar refractivity (Wildman–Crippen MR) is 83.0 cm³/mol. The van der Waals surface area contributed by atoms with E-state index < -0.39 is 6.67 Å².